The van der Waals surface area contributed by atoms with Crippen molar-refractivity contribution < 1.29 is 9.66 Å². The quantitative estimate of drug-likeness (QED) is 0.452. The van der Waals surface area contributed by atoms with Gasteiger partial charge in [0.1, 0.15) is 29.9 Å². The topological polar surface area (TPSA) is 152 Å². The van der Waals surface area contributed by atoms with E-state index in [2.05, 4.69) is 22.1 Å². The van der Waals surface area contributed by atoms with Gasteiger partial charge in [0.25, 0.3) is 5.69 Å². The number of ether oxygens (including phenoxy) is 1. The number of allylic oxidation sites excluding steroid dienone is 3. The number of benzene rings is 1. The van der Waals surface area contributed by atoms with Gasteiger partial charge in [-0.3, -0.25) is 10.1 Å². The highest BCUT2D eigenvalue weighted by Gasteiger charge is 2.29. The fourth-order valence-corrected chi connectivity index (χ4v) is 3.66. The molecule has 1 aliphatic carbocycles. The molecule has 9 nitrogen and oxygen atoms in total. The highest BCUT2D eigenvalue weighted by molar-refractivity contribution is 6.08. The van der Waals surface area contributed by atoms with Crippen molar-refractivity contribution >= 4 is 28.7 Å². The van der Waals surface area contributed by atoms with Crippen molar-refractivity contribution in [2.24, 2.45) is 0 Å². The Morgan fingerprint density at radius 2 is 1.85 bits per heavy atom. The van der Waals surface area contributed by atoms with Gasteiger partial charge in [0.2, 0.25) is 5.88 Å². The number of nitrogens with zero attached hydrogens (tertiary/aromatic N) is 5. The predicted molar refractivity (Wildman–Crippen MR) is 122 cm³/mol. The molecule has 0 spiro atoms. The molecule has 0 atom stereocenters. The molecular formula is C24H16N6O3. The van der Waals surface area contributed by atoms with Gasteiger partial charge in [-0.15, -0.1) is 0 Å². The number of hydrogen-bond acceptors (Lipinski definition) is 8. The van der Waals surface area contributed by atoms with Crippen LogP contribution in [0.2, 0.25) is 0 Å². The summed E-state index contributed by atoms with van der Waals surface area (Å²) in [5.74, 6) is 0.849. The van der Waals surface area contributed by atoms with Gasteiger partial charge in [0.05, 0.1) is 21.8 Å². The SMILES string of the molecule is CC1=C(C#N)c2nc(N)c(C#N)c(C)c2C1=Cc1ccc(Oc2ccc([N+](=O)[O-])cn2)cc1. The van der Waals surface area contributed by atoms with Crippen LogP contribution in [0, 0.1) is 39.7 Å². The Morgan fingerprint density at radius 3 is 2.42 bits per heavy atom. The van der Waals surface area contributed by atoms with Crippen molar-refractivity contribution in [3.63, 3.8) is 0 Å². The van der Waals surface area contributed by atoms with Crippen molar-refractivity contribution in [1.82, 2.24) is 9.97 Å². The number of fused-ring (bicyclic) bond motifs is 1. The second-order valence-corrected chi connectivity index (χ2v) is 7.29. The van der Waals surface area contributed by atoms with Crippen LogP contribution >= 0.6 is 0 Å². The summed E-state index contributed by atoms with van der Waals surface area (Å²) < 4.78 is 5.65. The smallest absolute Gasteiger partial charge is 0.287 e. The van der Waals surface area contributed by atoms with Gasteiger partial charge in [0, 0.05) is 17.7 Å². The molecule has 4 rings (SSSR count). The predicted octanol–water partition coefficient (Wildman–Crippen LogP) is 4.79. The van der Waals surface area contributed by atoms with E-state index in [4.69, 9.17) is 10.5 Å². The lowest BCUT2D eigenvalue weighted by Crippen LogP contribution is -2.03. The summed E-state index contributed by atoms with van der Waals surface area (Å²) in [4.78, 5) is 18.5. The van der Waals surface area contributed by atoms with Crippen molar-refractivity contribution in [1.29, 1.82) is 10.5 Å². The highest BCUT2D eigenvalue weighted by Crippen LogP contribution is 2.44. The van der Waals surface area contributed by atoms with Crippen LogP contribution in [0.1, 0.15) is 34.9 Å². The first-order chi connectivity index (χ1) is 15.8. The van der Waals surface area contributed by atoms with Crippen LogP contribution in [0.4, 0.5) is 11.5 Å². The van der Waals surface area contributed by atoms with Gasteiger partial charge in [-0.05, 0) is 54.3 Å². The summed E-state index contributed by atoms with van der Waals surface area (Å²) in [6, 6.07) is 14.2. The number of nitrogens with two attached hydrogens (primary N) is 1. The first kappa shape index (κ1) is 21.2. The number of pyridine rings is 2. The molecule has 33 heavy (non-hydrogen) atoms. The number of nitriles is 2. The third-order valence-corrected chi connectivity index (χ3v) is 5.33. The number of nitro groups is 1. The molecule has 0 amide bonds. The number of nitrogen functional groups attached to an aromatic ring is 1. The Bertz CT molecular complexity index is 1440. The Kier molecular flexibility index (Phi) is 5.31. The van der Waals surface area contributed by atoms with Crippen LogP contribution in [-0.4, -0.2) is 14.9 Å². The van der Waals surface area contributed by atoms with E-state index >= 15 is 0 Å². The van der Waals surface area contributed by atoms with E-state index in [9.17, 15) is 20.6 Å². The summed E-state index contributed by atoms with van der Waals surface area (Å²) >= 11 is 0. The Balaban J connectivity index is 1.67. The van der Waals surface area contributed by atoms with E-state index < -0.39 is 4.92 Å². The zero-order chi connectivity index (χ0) is 23.7. The molecule has 3 aromatic rings. The molecule has 9 heteroatoms. The number of rotatable bonds is 4. The maximum Gasteiger partial charge on any atom is 0.287 e. The Labute approximate surface area is 188 Å². The zero-order valence-corrected chi connectivity index (χ0v) is 17.7. The average molecular weight is 436 g/mol. The first-order valence-corrected chi connectivity index (χ1v) is 9.76. The summed E-state index contributed by atoms with van der Waals surface area (Å²) in [6.45, 7) is 3.64. The monoisotopic (exact) mass is 436 g/mol. The van der Waals surface area contributed by atoms with Gasteiger partial charge in [-0.1, -0.05) is 12.1 Å². The van der Waals surface area contributed by atoms with E-state index in [-0.39, 0.29) is 17.4 Å². The van der Waals surface area contributed by atoms with Crippen molar-refractivity contribution in [3.8, 4) is 23.8 Å². The number of aromatic nitrogens is 2. The van der Waals surface area contributed by atoms with E-state index in [1.165, 1.54) is 12.1 Å². The Morgan fingerprint density at radius 1 is 1.12 bits per heavy atom. The van der Waals surface area contributed by atoms with Crippen molar-refractivity contribution in [3.05, 3.63) is 86.2 Å². The summed E-state index contributed by atoms with van der Waals surface area (Å²) in [5.41, 5.74) is 10.8. The minimum Gasteiger partial charge on any atom is -0.439 e. The molecule has 0 bridgehead atoms. The molecule has 160 valence electrons. The van der Waals surface area contributed by atoms with Crippen LogP contribution in [-0.2, 0) is 0 Å². The van der Waals surface area contributed by atoms with Gasteiger partial charge in [-0.2, -0.15) is 10.5 Å². The van der Waals surface area contributed by atoms with E-state index in [1.807, 2.05) is 25.1 Å². The van der Waals surface area contributed by atoms with Crippen LogP contribution in [0.5, 0.6) is 11.6 Å². The lowest BCUT2D eigenvalue weighted by atomic mass is 9.95. The normalized spacial score (nSPS) is 13.4. The lowest BCUT2D eigenvalue weighted by molar-refractivity contribution is -0.385. The summed E-state index contributed by atoms with van der Waals surface area (Å²) in [7, 11) is 0. The standard InChI is InChI=1S/C24H16N6O3/c1-13-18(22-14(2)20(11-26)24(27)29-23(22)19(13)10-25)9-15-3-6-17(7-4-15)33-21-8-5-16(12-28-21)30(31)32/h3-9,12H,1-2H3,(H2,27,29). The molecular weight excluding hydrogens is 420 g/mol. The van der Waals surface area contributed by atoms with Gasteiger partial charge >= 0.3 is 0 Å². The molecule has 2 N–H and O–H groups in total. The Hall–Kier alpha value is -5.02. The molecule has 0 radical (unpaired) electrons. The van der Waals surface area contributed by atoms with Gasteiger partial charge in [0.15, 0.2) is 0 Å². The third-order valence-electron chi connectivity index (χ3n) is 5.33. The maximum absolute atomic E-state index is 10.7. The zero-order valence-electron chi connectivity index (χ0n) is 17.7. The van der Waals surface area contributed by atoms with Gasteiger partial charge in [-0.25, -0.2) is 9.97 Å². The number of anilines is 1. The highest BCUT2D eigenvalue weighted by atomic mass is 16.6. The average Bonchev–Trinajstić information content (AvgIpc) is 3.06. The fraction of sp³-hybridized carbons (Fsp3) is 0.0833. The summed E-state index contributed by atoms with van der Waals surface area (Å²) in [5, 5.41) is 29.9. The first-order valence-electron chi connectivity index (χ1n) is 9.76. The van der Waals surface area contributed by atoms with Crippen LogP contribution in [0.3, 0.4) is 0 Å². The summed E-state index contributed by atoms with van der Waals surface area (Å²) in [6.07, 6.45) is 3.05. The fourth-order valence-electron chi connectivity index (χ4n) is 3.66. The van der Waals surface area contributed by atoms with Crippen LogP contribution in [0.15, 0.2) is 48.2 Å². The molecule has 2 aromatic heterocycles. The van der Waals surface area contributed by atoms with E-state index in [1.54, 1.807) is 19.1 Å². The molecule has 0 aliphatic heterocycles. The van der Waals surface area contributed by atoms with E-state index in [0.717, 1.165) is 28.5 Å². The second-order valence-electron chi connectivity index (χ2n) is 7.29. The van der Waals surface area contributed by atoms with E-state index in [0.29, 0.717) is 28.1 Å². The minimum atomic E-state index is -0.528. The van der Waals surface area contributed by atoms with Crippen LogP contribution in [0.25, 0.3) is 17.2 Å². The molecule has 2 heterocycles. The molecule has 0 fully saturated rings. The largest absolute Gasteiger partial charge is 0.439 e. The molecule has 1 aliphatic rings. The third kappa shape index (κ3) is 3.75. The van der Waals surface area contributed by atoms with Crippen LogP contribution < -0.4 is 10.5 Å². The number of hydrogen-bond donors (Lipinski definition) is 1. The molecule has 0 saturated heterocycles. The minimum absolute atomic E-state index is 0.108. The molecule has 0 saturated carbocycles. The van der Waals surface area contributed by atoms with Crippen molar-refractivity contribution in [2.75, 3.05) is 5.73 Å². The molecule has 0 unspecified atom stereocenters. The lowest BCUT2D eigenvalue weighted by Gasteiger charge is -2.11. The maximum atomic E-state index is 10.7. The second kappa shape index (κ2) is 8.25. The molecule has 1 aromatic carbocycles. The van der Waals surface area contributed by atoms with Crippen molar-refractivity contribution in [2.45, 2.75) is 13.8 Å². The van der Waals surface area contributed by atoms with Gasteiger partial charge < -0.3 is 10.5 Å².